The Kier molecular flexibility index (Phi) is 8.70. The van der Waals surface area contributed by atoms with Gasteiger partial charge in [0.15, 0.2) is 17.9 Å². The lowest BCUT2D eigenvalue weighted by Gasteiger charge is -2.32. The summed E-state index contributed by atoms with van der Waals surface area (Å²) in [6.07, 6.45) is -2.20. The molecule has 2 N–H and O–H groups in total. The molecule has 0 radical (unpaired) electrons. The van der Waals surface area contributed by atoms with Crippen LogP contribution in [0.5, 0.6) is 0 Å². The Morgan fingerprint density at radius 2 is 1.76 bits per heavy atom. The first-order chi connectivity index (χ1) is 17.8. The first-order valence-electron chi connectivity index (χ1n) is 11.6. The maximum atomic E-state index is 14.9. The van der Waals surface area contributed by atoms with Crippen molar-refractivity contribution in [1.29, 1.82) is 0 Å². The number of halogens is 2. The molecule has 0 saturated carbocycles. The molecule has 196 valence electrons. The molecule has 0 aliphatic carbocycles. The van der Waals surface area contributed by atoms with Crippen molar-refractivity contribution in [2.24, 2.45) is 0 Å². The number of alkyl halides is 1. The summed E-state index contributed by atoms with van der Waals surface area (Å²) in [4.78, 5) is 28.6. The highest BCUT2D eigenvalue weighted by atomic mass is 79.9. The fraction of sp³-hybridized carbons (Fsp3) is 0.346. The van der Waals surface area contributed by atoms with Gasteiger partial charge >= 0.3 is 11.7 Å². The van der Waals surface area contributed by atoms with E-state index >= 15 is 0 Å². The lowest BCUT2D eigenvalue weighted by molar-refractivity contribution is -0.166. The number of rotatable bonds is 10. The Balaban J connectivity index is 1.69. The molecule has 2 heterocycles. The molecule has 0 amide bonds. The lowest BCUT2D eigenvalue weighted by Crippen LogP contribution is -2.51. The van der Waals surface area contributed by atoms with E-state index in [4.69, 9.17) is 24.7 Å². The van der Waals surface area contributed by atoms with Crippen molar-refractivity contribution >= 4 is 27.7 Å². The first kappa shape index (κ1) is 26.9. The largest absolute Gasteiger partial charge is 0.455 e. The van der Waals surface area contributed by atoms with Gasteiger partial charge in [0.05, 0.1) is 24.3 Å². The molecule has 2 aromatic carbocycles. The Bertz CT molecular complexity index is 1260. The van der Waals surface area contributed by atoms with Crippen molar-refractivity contribution in [3.8, 4) is 0 Å². The van der Waals surface area contributed by atoms with Gasteiger partial charge in [-0.15, -0.1) is 0 Å². The minimum absolute atomic E-state index is 0.0249. The van der Waals surface area contributed by atoms with Gasteiger partial charge in [0.2, 0.25) is 0 Å². The van der Waals surface area contributed by atoms with E-state index in [-0.39, 0.29) is 25.6 Å². The van der Waals surface area contributed by atoms with E-state index in [1.54, 1.807) is 0 Å². The molecule has 1 aromatic heterocycles. The number of nitrogen functional groups attached to an aromatic ring is 1. The molecule has 37 heavy (non-hydrogen) atoms. The average Bonchev–Trinajstić information content (AvgIpc) is 3.18. The van der Waals surface area contributed by atoms with E-state index in [1.807, 2.05) is 60.7 Å². The summed E-state index contributed by atoms with van der Waals surface area (Å²) in [6.45, 7) is 0.221. The molecule has 3 aromatic rings. The summed E-state index contributed by atoms with van der Waals surface area (Å²) >= 11 is 3.25. The van der Waals surface area contributed by atoms with Crippen LogP contribution in [0.3, 0.4) is 0 Å². The summed E-state index contributed by atoms with van der Waals surface area (Å²) in [5.41, 5.74) is 4.99. The van der Waals surface area contributed by atoms with Gasteiger partial charge in [-0.3, -0.25) is 9.36 Å². The van der Waals surface area contributed by atoms with Crippen LogP contribution in [0.25, 0.3) is 0 Å². The minimum Gasteiger partial charge on any atom is -0.455 e. The van der Waals surface area contributed by atoms with Crippen LogP contribution in [-0.2, 0) is 37.0 Å². The first-order valence-corrected chi connectivity index (χ1v) is 12.3. The number of aromatic nitrogens is 2. The third kappa shape index (κ3) is 6.24. The highest BCUT2D eigenvalue weighted by Crippen LogP contribution is 2.42. The van der Waals surface area contributed by atoms with Crippen LogP contribution in [0.1, 0.15) is 24.3 Å². The van der Waals surface area contributed by atoms with Crippen LogP contribution in [0.4, 0.5) is 10.2 Å². The molecular weight excluding hydrogens is 549 g/mol. The number of carbonyl (C=O) groups excluding carboxylic acids is 1. The Morgan fingerprint density at radius 3 is 2.35 bits per heavy atom. The number of esters is 1. The highest BCUT2D eigenvalue weighted by molar-refractivity contribution is 9.10. The number of nitrogens with two attached hydrogens (primary N) is 1. The van der Waals surface area contributed by atoms with Crippen molar-refractivity contribution in [3.05, 3.63) is 92.9 Å². The summed E-state index contributed by atoms with van der Waals surface area (Å²) in [7, 11) is 0. The molecule has 4 atom stereocenters. The van der Waals surface area contributed by atoms with Crippen molar-refractivity contribution in [2.75, 3.05) is 19.0 Å². The number of nitrogens with zero attached hydrogens (tertiary/aromatic N) is 2. The lowest BCUT2D eigenvalue weighted by atomic mass is 9.96. The van der Waals surface area contributed by atoms with Crippen molar-refractivity contribution < 1.29 is 28.1 Å². The van der Waals surface area contributed by atoms with Gasteiger partial charge in [-0.1, -0.05) is 60.7 Å². The van der Waals surface area contributed by atoms with Gasteiger partial charge in [-0.05, 0) is 27.1 Å². The zero-order chi connectivity index (χ0) is 26.4. The third-order valence-corrected chi connectivity index (χ3v) is 6.53. The molecule has 4 rings (SSSR count). The summed E-state index contributed by atoms with van der Waals surface area (Å²) in [5.74, 6) is -0.676. The van der Waals surface area contributed by atoms with Crippen LogP contribution in [0.15, 0.2) is 76.1 Å². The maximum Gasteiger partial charge on any atom is 0.351 e. The maximum absolute atomic E-state index is 14.9. The highest BCUT2D eigenvalue weighted by Gasteiger charge is 2.59. The standard InChI is InChI=1S/C26H27BrFN3O6/c1-17(32)36-21-22(35-14-19-10-6-3-7-11-19)26(15-28,16-34-13-18-8-4-2-5-9-18)37-24(21)31-12-20(27)23(29)30-25(31)33/h2-12,21-22,24H,13-16H2,1H3,(H2,29,30,33)/t21-,22+,24-,26-/m1/s1. The monoisotopic (exact) mass is 575 g/mol. The zero-order valence-corrected chi connectivity index (χ0v) is 21.7. The fourth-order valence-corrected chi connectivity index (χ4v) is 4.48. The fourth-order valence-electron chi connectivity index (χ4n) is 4.18. The Morgan fingerprint density at radius 1 is 1.14 bits per heavy atom. The number of ether oxygens (including phenoxy) is 4. The zero-order valence-electron chi connectivity index (χ0n) is 20.1. The molecule has 1 fully saturated rings. The molecule has 0 unspecified atom stereocenters. The van der Waals surface area contributed by atoms with Crippen LogP contribution >= 0.6 is 15.9 Å². The van der Waals surface area contributed by atoms with Gasteiger partial charge in [0.25, 0.3) is 0 Å². The van der Waals surface area contributed by atoms with Gasteiger partial charge < -0.3 is 24.7 Å². The number of carbonyl (C=O) groups is 1. The molecule has 1 aliphatic rings. The second kappa shape index (κ2) is 12.0. The Hall–Kier alpha value is -3.12. The van der Waals surface area contributed by atoms with E-state index in [0.29, 0.717) is 4.47 Å². The molecule has 0 spiro atoms. The normalized spacial score (nSPS) is 23.2. The van der Waals surface area contributed by atoms with Gasteiger partial charge in [-0.25, -0.2) is 9.18 Å². The molecule has 11 heteroatoms. The summed E-state index contributed by atoms with van der Waals surface area (Å²) in [6, 6.07) is 18.6. The SMILES string of the molecule is CC(=O)O[C@H]1[C@H](n2cc(Br)c(N)nc2=O)O[C@](CF)(COCc2ccccc2)[C@H]1OCc1ccccc1. The van der Waals surface area contributed by atoms with Gasteiger partial charge in [0, 0.05) is 13.1 Å². The van der Waals surface area contributed by atoms with Gasteiger partial charge in [-0.2, -0.15) is 4.98 Å². The number of anilines is 1. The quantitative estimate of drug-likeness (QED) is 0.365. The van der Waals surface area contributed by atoms with E-state index < -0.39 is 42.4 Å². The van der Waals surface area contributed by atoms with Crippen molar-refractivity contribution in [1.82, 2.24) is 9.55 Å². The molecule has 0 bridgehead atoms. The van der Waals surface area contributed by atoms with E-state index in [1.165, 1.54) is 13.1 Å². The summed E-state index contributed by atoms with van der Waals surface area (Å²) in [5, 5.41) is 0. The third-order valence-electron chi connectivity index (χ3n) is 5.92. The summed E-state index contributed by atoms with van der Waals surface area (Å²) < 4.78 is 40.1. The minimum atomic E-state index is -1.69. The molecule has 1 aliphatic heterocycles. The second-order valence-corrected chi connectivity index (χ2v) is 9.49. The van der Waals surface area contributed by atoms with E-state index in [2.05, 4.69) is 20.9 Å². The van der Waals surface area contributed by atoms with E-state index in [0.717, 1.165) is 15.7 Å². The van der Waals surface area contributed by atoms with E-state index in [9.17, 15) is 14.0 Å². The molecule has 9 nitrogen and oxygen atoms in total. The topological polar surface area (TPSA) is 115 Å². The van der Waals surface area contributed by atoms with Crippen molar-refractivity contribution in [2.45, 2.75) is 44.2 Å². The van der Waals surface area contributed by atoms with Crippen molar-refractivity contribution in [3.63, 3.8) is 0 Å². The second-order valence-electron chi connectivity index (χ2n) is 8.64. The predicted molar refractivity (Wildman–Crippen MR) is 136 cm³/mol. The van der Waals surface area contributed by atoms with Crippen LogP contribution < -0.4 is 11.4 Å². The molecular formula is C26H27BrFN3O6. The predicted octanol–water partition coefficient (Wildman–Crippen LogP) is 3.56. The van der Waals surface area contributed by atoms with Gasteiger partial charge in [0.1, 0.15) is 18.6 Å². The molecule has 1 saturated heterocycles. The number of benzene rings is 2. The average molecular weight is 576 g/mol. The Labute approximate surface area is 221 Å². The van der Waals surface area contributed by atoms with Crippen LogP contribution in [-0.4, -0.2) is 46.6 Å². The van der Waals surface area contributed by atoms with Crippen LogP contribution in [0, 0.1) is 0 Å². The number of hydrogen-bond acceptors (Lipinski definition) is 8. The smallest absolute Gasteiger partial charge is 0.351 e. The van der Waals surface area contributed by atoms with Crippen LogP contribution in [0.2, 0.25) is 0 Å². The number of hydrogen-bond donors (Lipinski definition) is 1.